The van der Waals surface area contributed by atoms with Crippen LogP contribution in [-0.4, -0.2) is 30.1 Å². The normalized spacial score (nSPS) is 24.5. The van der Waals surface area contributed by atoms with Crippen molar-refractivity contribution in [3.63, 3.8) is 0 Å². The molecule has 1 aromatic rings. The average Bonchev–Trinajstić information content (AvgIpc) is 2.71. The van der Waals surface area contributed by atoms with Gasteiger partial charge < -0.3 is 5.32 Å². The molecule has 2 aliphatic rings. The maximum absolute atomic E-state index is 3.88. The first-order chi connectivity index (χ1) is 9.27. The summed E-state index contributed by atoms with van der Waals surface area (Å²) in [5.41, 5.74) is 3.44. The zero-order valence-electron chi connectivity index (χ0n) is 12.1. The zero-order chi connectivity index (χ0) is 13.1. The van der Waals surface area contributed by atoms with E-state index in [2.05, 4.69) is 27.9 Å². The van der Waals surface area contributed by atoms with Crippen LogP contribution in [-0.2, 0) is 6.54 Å². The van der Waals surface area contributed by atoms with E-state index in [0.717, 1.165) is 6.54 Å². The van der Waals surface area contributed by atoms with Crippen LogP contribution in [0.3, 0.4) is 0 Å². The summed E-state index contributed by atoms with van der Waals surface area (Å²) < 4.78 is 0. The van der Waals surface area contributed by atoms with E-state index in [1.165, 1.54) is 69.3 Å². The number of nitrogens with zero attached hydrogens (tertiary/aromatic N) is 1. The number of rotatable bonds is 2. The molecule has 0 atom stereocenters. The Balaban J connectivity index is 1.69. The second kappa shape index (κ2) is 5.94. The highest BCUT2D eigenvalue weighted by Gasteiger charge is 2.34. The lowest BCUT2D eigenvalue weighted by molar-refractivity contribution is 0.159. The van der Waals surface area contributed by atoms with E-state index in [1.54, 1.807) is 0 Å². The van der Waals surface area contributed by atoms with Crippen LogP contribution in [0.1, 0.15) is 49.7 Å². The van der Waals surface area contributed by atoms with Gasteiger partial charge in [0.1, 0.15) is 0 Å². The highest BCUT2D eigenvalue weighted by atomic mass is 32.1. The quantitative estimate of drug-likeness (QED) is 0.890. The molecule has 0 amide bonds. The summed E-state index contributed by atoms with van der Waals surface area (Å²) in [6.45, 7) is 7.11. The van der Waals surface area contributed by atoms with Gasteiger partial charge >= 0.3 is 0 Å². The highest BCUT2D eigenvalue weighted by Crippen LogP contribution is 2.31. The first-order valence-electron chi connectivity index (χ1n) is 7.77. The summed E-state index contributed by atoms with van der Waals surface area (Å²) in [5.74, 6) is 0. The molecule has 0 aromatic carbocycles. The highest BCUT2D eigenvalue weighted by molar-refractivity contribution is 7.08. The monoisotopic (exact) mass is 278 g/mol. The Kier molecular flexibility index (Phi) is 4.25. The summed E-state index contributed by atoms with van der Waals surface area (Å²) in [6, 6.07) is 0. The molecule has 2 fully saturated rings. The molecule has 1 saturated carbocycles. The maximum atomic E-state index is 3.88. The van der Waals surface area contributed by atoms with E-state index < -0.39 is 0 Å². The Bertz CT molecular complexity index is 407. The van der Waals surface area contributed by atoms with Crippen LogP contribution in [0.5, 0.6) is 0 Å². The van der Waals surface area contributed by atoms with Crippen molar-refractivity contribution in [1.29, 1.82) is 0 Å². The molecule has 19 heavy (non-hydrogen) atoms. The molecule has 1 aliphatic heterocycles. The van der Waals surface area contributed by atoms with Crippen LogP contribution in [0.25, 0.3) is 0 Å². The summed E-state index contributed by atoms with van der Waals surface area (Å²) in [7, 11) is 0. The molecule has 106 valence electrons. The van der Waals surface area contributed by atoms with E-state index in [9.17, 15) is 0 Å². The van der Waals surface area contributed by atoms with E-state index in [0.29, 0.717) is 5.54 Å². The summed E-state index contributed by atoms with van der Waals surface area (Å²) in [4.78, 5) is 2.69. The Morgan fingerprint density at radius 3 is 2.79 bits per heavy atom. The molecule has 0 radical (unpaired) electrons. The number of aryl methyl sites for hydroxylation is 1. The van der Waals surface area contributed by atoms with Crippen LogP contribution in [0.2, 0.25) is 0 Å². The molecule has 1 N–H and O–H groups in total. The SMILES string of the molecule is Cc1cscc1CN1CCCNC2(CCCCC2)C1. The van der Waals surface area contributed by atoms with Crippen molar-refractivity contribution in [3.8, 4) is 0 Å². The van der Waals surface area contributed by atoms with Crippen molar-refractivity contribution in [1.82, 2.24) is 10.2 Å². The Morgan fingerprint density at radius 2 is 2.05 bits per heavy atom. The molecule has 0 bridgehead atoms. The van der Waals surface area contributed by atoms with Crippen molar-refractivity contribution in [3.05, 3.63) is 21.9 Å². The van der Waals surface area contributed by atoms with Gasteiger partial charge in [-0.3, -0.25) is 4.90 Å². The largest absolute Gasteiger partial charge is 0.310 e. The summed E-state index contributed by atoms with van der Waals surface area (Å²) in [5, 5.41) is 8.50. The van der Waals surface area contributed by atoms with Gasteiger partial charge in [-0.2, -0.15) is 11.3 Å². The van der Waals surface area contributed by atoms with Crippen LogP contribution in [0.15, 0.2) is 10.8 Å². The summed E-state index contributed by atoms with van der Waals surface area (Å²) in [6.07, 6.45) is 8.33. The van der Waals surface area contributed by atoms with Gasteiger partial charge in [0.25, 0.3) is 0 Å². The van der Waals surface area contributed by atoms with Gasteiger partial charge in [0.15, 0.2) is 0 Å². The number of nitrogens with one attached hydrogen (secondary N) is 1. The molecule has 0 unspecified atom stereocenters. The van der Waals surface area contributed by atoms with Crippen molar-refractivity contribution in [2.24, 2.45) is 0 Å². The van der Waals surface area contributed by atoms with E-state index in [1.807, 2.05) is 11.3 Å². The second-order valence-electron chi connectivity index (χ2n) is 6.41. The molecular weight excluding hydrogens is 252 g/mol. The number of hydrogen-bond donors (Lipinski definition) is 1. The first kappa shape index (κ1) is 13.6. The van der Waals surface area contributed by atoms with Crippen molar-refractivity contribution >= 4 is 11.3 Å². The lowest BCUT2D eigenvalue weighted by atomic mass is 9.81. The standard InChI is InChI=1S/C16H26N2S/c1-14-11-19-12-15(14)10-18-9-5-8-17-16(13-18)6-3-2-4-7-16/h11-12,17H,2-10,13H2,1H3. The van der Waals surface area contributed by atoms with E-state index >= 15 is 0 Å². The van der Waals surface area contributed by atoms with Crippen LogP contribution < -0.4 is 5.32 Å². The number of thiophene rings is 1. The minimum Gasteiger partial charge on any atom is -0.310 e. The lowest BCUT2D eigenvalue weighted by Crippen LogP contribution is -2.52. The van der Waals surface area contributed by atoms with Gasteiger partial charge in [-0.15, -0.1) is 0 Å². The fraction of sp³-hybridized carbons (Fsp3) is 0.750. The third-order valence-electron chi connectivity index (χ3n) is 4.84. The van der Waals surface area contributed by atoms with Gasteiger partial charge in [0.2, 0.25) is 0 Å². The predicted octanol–water partition coefficient (Wildman–Crippen LogP) is 3.55. The molecule has 1 aliphatic carbocycles. The van der Waals surface area contributed by atoms with Crippen LogP contribution in [0, 0.1) is 6.92 Å². The Morgan fingerprint density at radius 1 is 1.21 bits per heavy atom. The average molecular weight is 278 g/mol. The van der Waals surface area contributed by atoms with Crippen molar-refractivity contribution in [2.75, 3.05) is 19.6 Å². The molecule has 1 saturated heterocycles. The van der Waals surface area contributed by atoms with Crippen molar-refractivity contribution in [2.45, 2.75) is 57.5 Å². The minimum absolute atomic E-state index is 0.429. The topological polar surface area (TPSA) is 15.3 Å². The third kappa shape index (κ3) is 3.21. The third-order valence-corrected chi connectivity index (χ3v) is 5.75. The Labute approximate surface area is 121 Å². The van der Waals surface area contributed by atoms with Gasteiger partial charge in [-0.25, -0.2) is 0 Å². The maximum Gasteiger partial charge on any atom is 0.0308 e. The van der Waals surface area contributed by atoms with Gasteiger partial charge in [-0.05, 0) is 61.2 Å². The molecule has 2 heterocycles. The molecule has 1 aromatic heterocycles. The second-order valence-corrected chi connectivity index (χ2v) is 7.16. The van der Waals surface area contributed by atoms with Crippen LogP contribution in [0.4, 0.5) is 0 Å². The fourth-order valence-electron chi connectivity index (χ4n) is 3.71. The molecule has 3 rings (SSSR count). The fourth-order valence-corrected chi connectivity index (χ4v) is 4.56. The molecule has 3 heteroatoms. The predicted molar refractivity (Wildman–Crippen MR) is 82.8 cm³/mol. The Hall–Kier alpha value is -0.380. The van der Waals surface area contributed by atoms with E-state index in [4.69, 9.17) is 0 Å². The van der Waals surface area contributed by atoms with Gasteiger partial charge in [0, 0.05) is 18.6 Å². The van der Waals surface area contributed by atoms with E-state index in [-0.39, 0.29) is 0 Å². The van der Waals surface area contributed by atoms with Crippen molar-refractivity contribution < 1.29 is 0 Å². The summed E-state index contributed by atoms with van der Waals surface area (Å²) >= 11 is 1.84. The van der Waals surface area contributed by atoms with Gasteiger partial charge in [0.05, 0.1) is 0 Å². The lowest BCUT2D eigenvalue weighted by Gasteiger charge is -2.40. The smallest absolute Gasteiger partial charge is 0.0308 e. The molecular formula is C16H26N2S. The minimum atomic E-state index is 0.429. The number of hydrogen-bond acceptors (Lipinski definition) is 3. The van der Waals surface area contributed by atoms with Crippen LogP contribution >= 0.6 is 11.3 Å². The first-order valence-corrected chi connectivity index (χ1v) is 8.71. The molecule has 1 spiro atoms. The molecule has 2 nitrogen and oxygen atoms in total. The van der Waals surface area contributed by atoms with Gasteiger partial charge in [-0.1, -0.05) is 19.3 Å². The zero-order valence-corrected chi connectivity index (χ0v) is 12.9.